The van der Waals surface area contributed by atoms with Gasteiger partial charge >= 0.3 is 0 Å². The molecule has 1 aromatic carbocycles. The zero-order valence-electron chi connectivity index (χ0n) is 6.29. The standard InChI is InChI=1S/C9H11NS/c1-2-11-10-8-9-6-4-3-5-7-9/h2-7,10H,1,8H2. The van der Waals surface area contributed by atoms with Crippen molar-refractivity contribution in [2.45, 2.75) is 6.54 Å². The molecule has 0 aliphatic carbocycles. The smallest absolute Gasteiger partial charge is 0.0313 e. The van der Waals surface area contributed by atoms with Crippen LogP contribution in [0.15, 0.2) is 42.3 Å². The lowest BCUT2D eigenvalue weighted by Crippen LogP contribution is -2.00. The molecule has 0 heterocycles. The molecule has 0 aliphatic rings. The van der Waals surface area contributed by atoms with Crippen LogP contribution in [0.2, 0.25) is 0 Å². The van der Waals surface area contributed by atoms with Crippen molar-refractivity contribution in [2.24, 2.45) is 0 Å². The average Bonchev–Trinajstić information content (AvgIpc) is 2.07. The van der Waals surface area contributed by atoms with Crippen LogP contribution >= 0.6 is 11.9 Å². The van der Waals surface area contributed by atoms with Crippen LogP contribution in [0.1, 0.15) is 5.56 Å². The van der Waals surface area contributed by atoms with Crippen LogP contribution < -0.4 is 4.72 Å². The van der Waals surface area contributed by atoms with E-state index in [9.17, 15) is 0 Å². The lowest BCUT2D eigenvalue weighted by atomic mass is 10.2. The van der Waals surface area contributed by atoms with E-state index in [4.69, 9.17) is 0 Å². The fourth-order valence-corrected chi connectivity index (χ4v) is 1.15. The van der Waals surface area contributed by atoms with E-state index in [2.05, 4.69) is 23.4 Å². The summed E-state index contributed by atoms with van der Waals surface area (Å²) in [7, 11) is 0. The van der Waals surface area contributed by atoms with E-state index in [0.29, 0.717) is 0 Å². The third kappa shape index (κ3) is 3.25. The molecular formula is C9H11NS. The highest BCUT2D eigenvalue weighted by Crippen LogP contribution is 2.00. The molecule has 2 heteroatoms. The normalized spacial score (nSPS) is 9.45. The number of hydrogen-bond donors (Lipinski definition) is 1. The van der Waals surface area contributed by atoms with Gasteiger partial charge < -0.3 is 0 Å². The zero-order valence-corrected chi connectivity index (χ0v) is 7.10. The molecule has 0 unspecified atom stereocenters. The summed E-state index contributed by atoms with van der Waals surface area (Å²) in [6.07, 6.45) is 0. The second-order valence-corrected chi connectivity index (χ2v) is 2.95. The Kier molecular flexibility index (Phi) is 3.80. The van der Waals surface area contributed by atoms with Crippen LogP contribution in [0.3, 0.4) is 0 Å². The fraction of sp³-hybridized carbons (Fsp3) is 0.111. The number of rotatable bonds is 4. The summed E-state index contributed by atoms with van der Waals surface area (Å²) in [6, 6.07) is 10.3. The molecule has 58 valence electrons. The van der Waals surface area contributed by atoms with Crippen molar-refractivity contribution in [3.05, 3.63) is 47.9 Å². The lowest BCUT2D eigenvalue weighted by molar-refractivity contribution is 0.981. The van der Waals surface area contributed by atoms with E-state index in [1.807, 2.05) is 18.2 Å². The van der Waals surface area contributed by atoms with Crippen molar-refractivity contribution in [2.75, 3.05) is 0 Å². The average molecular weight is 165 g/mol. The van der Waals surface area contributed by atoms with Crippen molar-refractivity contribution in [3.63, 3.8) is 0 Å². The fourth-order valence-electron chi connectivity index (χ4n) is 0.780. The quantitative estimate of drug-likeness (QED) is 0.543. The minimum Gasteiger partial charge on any atom is -0.256 e. The monoisotopic (exact) mass is 165 g/mol. The predicted molar refractivity (Wildman–Crippen MR) is 51.1 cm³/mol. The van der Waals surface area contributed by atoms with Crippen molar-refractivity contribution >= 4 is 11.9 Å². The van der Waals surface area contributed by atoms with Gasteiger partial charge in [0.1, 0.15) is 0 Å². The van der Waals surface area contributed by atoms with Crippen molar-refractivity contribution < 1.29 is 0 Å². The second kappa shape index (κ2) is 4.99. The Morgan fingerprint density at radius 2 is 2.09 bits per heavy atom. The van der Waals surface area contributed by atoms with Crippen LogP contribution in [0.25, 0.3) is 0 Å². The number of hydrogen-bond acceptors (Lipinski definition) is 2. The third-order valence-corrected chi connectivity index (χ3v) is 1.76. The van der Waals surface area contributed by atoms with E-state index in [0.717, 1.165) is 6.54 Å². The van der Waals surface area contributed by atoms with Gasteiger partial charge in [-0.05, 0) is 11.0 Å². The van der Waals surface area contributed by atoms with Gasteiger partial charge in [0.15, 0.2) is 0 Å². The Morgan fingerprint density at radius 3 is 2.73 bits per heavy atom. The van der Waals surface area contributed by atoms with E-state index in [-0.39, 0.29) is 0 Å². The van der Waals surface area contributed by atoms with Crippen LogP contribution in [0, 0.1) is 0 Å². The molecule has 0 amide bonds. The minimum atomic E-state index is 0.886. The first-order valence-corrected chi connectivity index (χ1v) is 4.35. The van der Waals surface area contributed by atoms with E-state index in [1.54, 1.807) is 5.41 Å². The largest absolute Gasteiger partial charge is 0.256 e. The summed E-state index contributed by atoms with van der Waals surface area (Å²) in [5, 5.41) is 1.78. The van der Waals surface area contributed by atoms with E-state index in [1.165, 1.54) is 17.5 Å². The van der Waals surface area contributed by atoms with Crippen LogP contribution in [0.4, 0.5) is 0 Å². The van der Waals surface area contributed by atoms with Crippen LogP contribution in [-0.2, 0) is 6.54 Å². The van der Waals surface area contributed by atoms with Crippen molar-refractivity contribution in [1.29, 1.82) is 0 Å². The highest BCUT2D eigenvalue weighted by molar-refractivity contribution is 8.00. The van der Waals surface area contributed by atoms with Gasteiger partial charge in [-0.15, -0.1) is 0 Å². The van der Waals surface area contributed by atoms with Gasteiger partial charge in [-0.25, -0.2) is 0 Å². The zero-order chi connectivity index (χ0) is 7.94. The van der Waals surface area contributed by atoms with Crippen LogP contribution in [-0.4, -0.2) is 0 Å². The Bertz CT molecular complexity index is 208. The molecule has 1 aromatic rings. The van der Waals surface area contributed by atoms with Gasteiger partial charge in [0.05, 0.1) is 0 Å². The lowest BCUT2D eigenvalue weighted by Gasteiger charge is -1.99. The highest BCUT2D eigenvalue weighted by atomic mass is 32.2. The Labute approximate surface area is 71.6 Å². The van der Waals surface area contributed by atoms with E-state index < -0.39 is 0 Å². The van der Waals surface area contributed by atoms with Gasteiger partial charge in [-0.2, -0.15) is 0 Å². The second-order valence-electron chi connectivity index (χ2n) is 2.09. The summed E-state index contributed by atoms with van der Waals surface area (Å²) in [5.74, 6) is 0. The molecular weight excluding hydrogens is 154 g/mol. The maximum Gasteiger partial charge on any atom is 0.0313 e. The minimum absolute atomic E-state index is 0.886. The molecule has 0 aliphatic heterocycles. The topological polar surface area (TPSA) is 12.0 Å². The first-order chi connectivity index (χ1) is 5.43. The predicted octanol–water partition coefficient (Wildman–Crippen LogP) is 2.57. The molecule has 1 nitrogen and oxygen atoms in total. The molecule has 0 radical (unpaired) electrons. The Morgan fingerprint density at radius 1 is 1.36 bits per heavy atom. The maximum absolute atomic E-state index is 3.59. The van der Waals surface area contributed by atoms with Gasteiger partial charge in [0, 0.05) is 6.54 Å². The molecule has 11 heavy (non-hydrogen) atoms. The van der Waals surface area contributed by atoms with Gasteiger partial charge in [-0.1, -0.05) is 48.9 Å². The third-order valence-electron chi connectivity index (χ3n) is 1.29. The molecule has 0 atom stereocenters. The molecule has 0 saturated carbocycles. The Balaban J connectivity index is 2.33. The van der Waals surface area contributed by atoms with Crippen LogP contribution in [0.5, 0.6) is 0 Å². The SMILES string of the molecule is C=CSNCc1ccccc1. The van der Waals surface area contributed by atoms with Gasteiger partial charge in [-0.3, -0.25) is 4.72 Å². The summed E-state index contributed by atoms with van der Waals surface area (Å²) in [6.45, 7) is 4.48. The maximum atomic E-state index is 3.59. The van der Waals surface area contributed by atoms with Gasteiger partial charge in [0.2, 0.25) is 0 Å². The highest BCUT2D eigenvalue weighted by Gasteiger charge is 1.87. The molecule has 0 fully saturated rings. The molecule has 0 bridgehead atoms. The summed E-state index contributed by atoms with van der Waals surface area (Å²) < 4.78 is 3.15. The molecule has 0 aromatic heterocycles. The molecule has 0 saturated heterocycles. The first kappa shape index (κ1) is 8.37. The van der Waals surface area contributed by atoms with Crippen molar-refractivity contribution in [3.8, 4) is 0 Å². The molecule has 1 N–H and O–H groups in total. The van der Waals surface area contributed by atoms with E-state index >= 15 is 0 Å². The first-order valence-electron chi connectivity index (χ1n) is 3.47. The molecule has 0 spiro atoms. The van der Waals surface area contributed by atoms with Gasteiger partial charge in [0.25, 0.3) is 0 Å². The summed E-state index contributed by atoms with van der Waals surface area (Å²) >= 11 is 1.52. The summed E-state index contributed by atoms with van der Waals surface area (Å²) in [5.41, 5.74) is 1.29. The summed E-state index contributed by atoms with van der Waals surface area (Å²) in [4.78, 5) is 0. The number of nitrogens with one attached hydrogen (secondary N) is 1. The molecule has 1 rings (SSSR count). The number of benzene rings is 1. The van der Waals surface area contributed by atoms with Crippen molar-refractivity contribution in [1.82, 2.24) is 4.72 Å². The Hall–Kier alpha value is -0.730.